The lowest BCUT2D eigenvalue weighted by atomic mass is 9.80. The van der Waals surface area contributed by atoms with Gasteiger partial charge in [-0.15, -0.1) is 0 Å². The average Bonchev–Trinajstić information content (AvgIpc) is 2.06. The maximum Gasteiger partial charge on any atom is 0.407 e. The summed E-state index contributed by atoms with van der Waals surface area (Å²) >= 11 is 0. The summed E-state index contributed by atoms with van der Waals surface area (Å²) in [5, 5.41) is 6.18. The lowest BCUT2D eigenvalue weighted by Gasteiger charge is -2.32. The molecule has 0 bridgehead atoms. The van der Waals surface area contributed by atoms with E-state index in [1.807, 2.05) is 20.8 Å². The molecule has 1 rings (SSSR count). The van der Waals surface area contributed by atoms with Crippen LogP contribution >= 0.6 is 0 Å². The van der Waals surface area contributed by atoms with E-state index in [9.17, 15) is 4.79 Å². The first kappa shape index (κ1) is 14.3. The van der Waals surface area contributed by atoms with E-state index in [0.717, 1.165) is 12.5 Å². The predicted octanol–water partition coefficient (Wildman–Crippen LogP) is 2.29. The lowest BCUT2D eigenvalue weighted by molar-refractivity contribution is 0.0527. The van der Waals surface area contributed by atoms with Gasteiger partial charge in [0.15, 0.2) is 0 Å². The van der Waals surface area contributed by atoms with Crippen molar-refractivity contribution < 1.29 is 9.53 Å². The van der Waals surface area contributed by atoms with Crippen molar-refractivity contribution in [3.8, 4) is 0 Å². The van der Waals surface area contributed by atoms with Gasteiger partial charge in [0.2, 0.25) is 0 Å². The number of carbonyl (C=O) groups is 1. The Morgan fingerprint density at radius 3 is 2.47 bits per heavy atom. The van der Waals surface area contributed by atoms with E-state index in [0.29, 0.717) is 12.6 Å². The van der Waals surface area contributed by atoms with E-state index < -0.39 is 5.60 Å². The first-order valence-electron chi connectivity index (χ1n) is 6.59. The van der Waals surface area contributed by atoms with Crippen LogP contribution in [0.15, 0.2) is 0 Å². The zero-order chi connectivity index (χ0) is 12.9. The van der Waals surface area contributed by atoms with Crippen LogP contribution in [-0.4, -0.2) is 30.8 Å². The van der Waals surface area contributed by atoms with Crippen LogP contribution in [0.25, 0.3) is 0 Å². The van der Waals surface area contributed by atoms with Gasteiger partial charge in [-0.25, -0.2) is 4.79 Å². The fourth-order valence-electron chi connectivity index (χ4n) is 1.89. The number of amides is 1. The Hall–Kier alpha value is -0.770. The highest BCUT2D eigenvalue weighted by Gasteiger charge is 2.23. The predicted molar refractivity (Wildman–Crippen MR) is 69.0 cm³/mol. The molecule has 100 valence electrons. The van der Waals surface area contributed by atoms with Crippen LogP contribution in [-0.2, 0) is 4.74 Å². The first-order chi connectivity index (χ1) is 7.88. The molecule has 1 atom stereocenters. The average molecular weight is 242 g/mol. The summed E-state index contributed by atoms with van der Waals surface area (Å²) < 4.78 is 5.15. The number of rotatable bonds is 5. The molecule has 0 heterocycles. The SMILES string of the molecule is CC(NCCNC(=O)OC(C)(C)C)C1CCC1. The molecule has 1 aliphatic rings. The van der Waals surface area contributed by atoms with Gasteiger partial charge in [0.05, 0.1) is 0 Å². The smallest absolute Gasteiger partial charge is 0.407 e. The van der Waals surface area contributed by atoms with Gasteiger partial charge >= 0.3 is 6.09 Å². The van der Waals surface area contributed by atoms with E-state index >= 15 is 0 Å². The maximum absolute atomic E-state index is 11.3. The van der Waals surface area contributed by atoms with E-state index in [1.54, 1.807) is 0 Å². The standard InChI is InChI=1S/C13H26N2O2/c1-10(11-6-5-7-11)14-8-9-15-12(16)17-13(2,3)4/h10-11,14H,5-9H2,1-4H3,(H,15,16). The molecule has 4 heteroatoms. The molecule has 0 aromatic carbocycles. The summed E-state index contributed by atoms with van der Waals surface area (Å²) in [5.41, 5.74) is -0.420. The summed E-state index contributed by atoms with van der Waals surface area (Å²) in [4.78, 5) is 11.3. The Kier molecular flexibility index (Phi) is 5.25. The van der Waals surface area contributed by atoms with E-state index in [2.05, 4.69) is 17.6 Å². The molecule has 2 N–H and O–H groups in total. The van der Waals surface area contributed by atoms with Crippen molar-refractivity contribution in [3.63, 3.8) is 0 Å². The van der Waals surface area contributed by atoms with E-state index in [-0.39, 0.29) is 6.09 Å². The highest BCUT2D eigenvalue weighted by atomic mass is 16.6. The van der Waals surface area contributed by atoms with Crippen LogP contribution in [0.1, 0.15) is 47.0 Å². The van der Waals surface area contributed by atoms with Gasteiger partial charge in [0.25, 0.3) is 0 Å². The number of hydrogen-bond donors (Lipinski definition) is 2. The maximum atomic E-state index is 11.3. The van der Waals surface area contributed by atoms with Gasteiger partial charge in [0, 0.05) is 19.1 Å². The zero-order valence-electron chi connectivity index (χ0n) is 11.5. The molecule has 0 aromatic rings. The fourth-order valence-corrected chi connectivity index (χ4v) is 1.89. The summed E-state index contributed by atoms with van der Waals surface area (Å²) in [7, 11) is 0. The minimum Gasteiger partial charge on any atom is -0.444 e. The normalized spacial score (nSPS) is 18.4. The summed E-state index contributed by atoms with van der Waals surface area (Å²) in [6.07, 6.45) is 3.71. The minimum absolute atomic E-state index is 0.337. The summed E-state index contributed by atoms with van der Waals surface area (Å²) in [6.45, 7) is 9.23. The second-order valence-electron chi connectivity index (χ2n) is 5.86. The van der Waals surface area contributed by atoms with Gasteiger partial charge in [-0.1, -0.05) is 6.42 Å². The van der Waals surface area contributed by atoms with E-state index in [1.165, 1.54) is 19.3 Å². The molecule has 1 unspecified atom stereocenters. The van der Waals surface area contributed by atoms with Crippen molar-refractivity contribution in [2.75, 3.05) is 13.1 Å². The van der Waals surface area contributed by atoms with Gasteiger partial charge < -0.3 is 15.4 Å². The Balaban J connectivity index is 2.01. The molecule has 1 amide bonds. The summed E-state index contributed by atoms with van der Waals surface area (Å²) in [5.74, 6) is 0.830. The Labute approximate surface area is 104 Å². The number of alkyl carbamates (subject to hydrolysis) is 1. The Morgan fingerprint density at radius 1 is 1.35 bits per heavy atom. The molecular formula is C13H26N2O2. The quantitative estimate of drug-likeness (QED) is 0.727. The van der Waals surface area contributed by atoms with Crippen LogP contribution in [0.2, 0.25) is 0 Å². The third-order valence-corrected chi connectivity index (χ3v) is 3.12. The summed E-state index contributed by atoms with van der Waals surface area (Å²) in [6, 6.07) is 0.559. The van der Waals surface area contributed by atoms with Gasteiger partial charge in [0.1, 0.15) is 5.60 Å². The minimum atomic E-state index is -0.420. The van der Waals surface area contributed by atoms with Crippen molar-refractivity contribution in [1.29, 1.82) is 0 Å². The molecule has 1 saturated carbocycles. The molecule has 0 aliphatic heterocycles. The highest BCUT2D eigenvalue weighted by molar-refractivity contribution is 5.67. The molecule has 0 aromatic heterocycles. The van der Waals surface area contributed by atoms with Crippen molar-refractivity contribution in [2.45, 2.75) is 58.6 Å². The van der Waals surface area contributed by atoms with Gasteiger partial charge in [-0.2, -0.15) is 0 Å². The number of ether oxygens (including phenoxy) is 1. The molecule has 1 aliphatic carbocycles. The molecule has 0 saturated heterocycles. The molecule has 0 spiro atoms. The van der Waals surface area contributed by atoms with Crippen molar-refractivity contribution in [3.05, 3.63) is 0 Å². The second-order valence-corrected chi connectivity index (χ2v) is 5.86. The fraction of sp³-hybridized carbons (Fsp3) is 0.923. The number of hydrogen-bond acceptors (Lipinski definition) is 3. The van der Waals surface area contributed by atoms with Gasteiger partial charge in [-0.3, -0.25) is 0 Å². The molecule has 17 heavy (non-hydrogen) atoms. The van der Waals surface area contributed by atoms with Crippen LogP contribution < -0.4 is 10.6 Å². The Morgan fingerprint density at radius 2 is 2.00 bits per heavy atom. The van der Waals surface area contributed by atoms with Crippen LogP contribution in [0.5, 0.6) is 0 Å². The van der Waals surface area contributed by atoms with Crippen LogP contribution in [0.4, 0.5) is 4.79 Å². The molecular weight excluding hydrogens is 216 g/mol. The third-order valence-electron chi connectivity index (χ3n) is 3.12. The number of nitrogens with one attached hydrogen (secondary N) is 2. The first-order valence-corrected chi connectivity index (χ1v) is 6.59. The van der Waals surface area contributed by atoms with E-state index in [4.69, 9.17) is 4.74 Å². The van der Waals surface area contributed by atoms with Crippen molar-refractivity contribution >= 4 is 6.09 Å². The number of carbonyl (C=O) groups excluding carboxylic acids is 1. The van der Waals surface area contributed by atoms with Crippen LogP contribution in [0.3, 0.4) is 0 Å². The van der Waals surface area contributed by atoms with Gasteiger partial charge in [-0.05, 0) is 46.5 Å². The molecule has 4 nitrogen and oxygen atoms in total. The van der Waals surface area contributed by atoms with Crippen molar-refractivity contribution in [1.82, 2.24) is 10.6 Å². The second kappa shape index (κ2) is 6.24. The van der Waals surface area contributed by atoms with Crippen LogP contribution in [0, 0.1) is 5.92 Å². The topological polar surface area (TPSA) is 50.4 Å². The molecule has 1 fully saturated rings. The molecule has 0 radical (unpaired) electrons. The van der Waals surface area contributed by atoms with Crippen molar-refractivity contribution in [2.24, 2.45) is 5.92 Å². The Bertz CT molecular complexity index is 244. The third kappa shape index (κ3) is 5.91. The highest BCUT2D eigenvalue weighted by Crippen LogP contribution is 2.29. The largest absolute Gasteiger partial charge is 0.444 e. The lowest BCUT2D eigenvalue weighted by Crippen LogP contribution is -2.42. The zero-order valence-corrected chi connectivity index (χ0v) is 11.5. The monoisotopic (exact) mass is 242 g/mol.